The molecule has 0 unspecified atom stereocenters. The predicted molar refractivity (Wildman–Crippen MR) is 145 cm³/mol. The molecule has 0 fully saturated rings. The van der Waals surface area contributed by atoms with Crippen LogP contribution in [0.25, 0.3) is 22.3 Å². The Kier molecular flexibility index (Phi) is 7.86. The fraction of sp³-hybridized carbons (Fsp3) is 0.296. The molecule has 0 saturated carbocycles. The zero-order chi connectivity index (χ0) is 27.4. The van der Waals surface area contributed by atoms with E-state index in [4.69, 9.17) is 0 Å². The number of halogens is 3. The molecule has 2 aromatic heterocycles. The van der Waals surface area contributed by atoms with E-state index in [0.29, 0.717) is 30.0 Å². The monoisotopic (exact) mass is 525 g/mol. The normalized spacial score (nSPS) is 11.7. The van der Waals surface area contributed by atoms with E-state index in [9.17, 15) is 18.0 Å². The van der Waals surface area contributed by atoms with Gasteiger partial charge >= 0.3 is 6.18 Å². The second kappa shape index (κ2) is 11.1. The maximum Gasteiger partial charge on any atom is 0.421 e. The number of hydrogen-bond acceptors (Lipinski definition) is 6. The highest BCUT2D eigenvalue weighted by molar-refractivity contribution is 5.95. The topological polar surface area (TPSA) is 89.2 Å². The number of hydrogen-bond donors (Lipinski definition) is 3. The first-order chi connectivity index (χ1) is 18.1. The number of rotatable bonds is 9. The lowest BCUT2D eigenvalue weighted by Gasteiger charge is -2.27. The van der Waals surface area contributed by atoms with Gasteiger partial charge in [-0.1, -0.05) is 18.2 Å². The molecule has 8 nitrogen and oxygen atoms in total. The summed E-state index contributed by atoms with van der Waals surface area (Å²) in [6.07, 6.45) is -2.21. The summed E-state index contributed by atoms with van der Waals surface area (Å²) in [5.74, 6) is -0.515. The molecule has 11 heteroatoms. The molecular weight excluding hydrogens is 495 g/mol. The molecule has 0 atom stereocenters. The highest BCUT2D eigenvalue weighted by atomic mass is 19.4. The van der Waals surface area contributed by atoms with Crippen LogP contribution in [0.4, 0.5) is 36.1 Å². The minimum atomic E-state index is -4.67. The third kappa shape index (κ3) is 6.05. The molecule has 4 rings (SSSR count). The molecule has 38 heavy (non-hydrogen) atoms. The predicted octanol–water partition coefficient (Wildman–Crippen LogP) is 5.73. The number of nitrogens with one attached hydrogen (secondary N) is 3. The van der Waals surface area contributed by atoms with E-state index in [0.717, 1.165) is 29.3 Å². The van der Waals surface area contributed by atoms with Crippen LogP contribution < -0.4 is 15.5 Å². The van der Waals surface area contributed by atoms with Crippen molar-refractivity contribution >= 4 is 39.7 Å². The number of anilines is 4. The summed E-state index contributed by atoms with van der Waals surface area (Å²) in [4.78, 5) is 27.5. The van der Waals surface area contributed by atoms with Crippen molar-refractivity contribution in [2.45, 2.75) is 20.0 Å². The van der Waals surface area contributed by atoms with Crippen molar-refractivity contribution < 1.29 is 18.0 Å². The van der Waals surface area contributed by atoms with Crippen molar-refractivity contribution in [1.29, 1.82) is 0 Å². The fourth-order valence-electron chi connectivity index (χ4n) is 4.16. The zero-order valence-corrected chi connectivity index (χ0v) is 21.6. The third-order valence-corrected chi connectivity index (χ3v) is 6.03. The Labute approximate surface area is 218 Å². The van der Waals surface area contributed by atoms with E-state index in [2.05, 4.69) is 35.4 Å². The number of likely N-dealkylation sites (N-methyl/N-ethyl adjacent to an activating group) is 2. The smallest absolute Gasteiger partial charge is 0.369 e. The van der Waals surface area contributed by atoms with Gasteiger partial charge in [0.25, 0.3) is 0 Å². The van der Waals surface area contributed by atoms with Gasteiger partial charge < -0.3 is 25.4 Å². The van der Waals surface area contributed by atoms with Gasteiger partial charge in [0.15, 0.2) is 5.82 Å². The molecule has 200 valence electrons. The van der Waals surface area contributed by atoms with Crippen LogP contribution in [0.1, 0.15) is 19.4 Å². The van der Waals surface area contributed by atoms with E-state index in [1.807, 2.05) is 45.3 Å². The van der Waals surface area contributed by atoms with Crippen molar-refractivity contribution in [1.82, 2.24) is 19.9 Å². The fourth-order valence-corrected chi connectivity index (χ4v) is 4.16. The molecule has 0 saturated heterocycles. The molecule has 0 bridgehead atoms. The van der Waals surface area contributed by atoms with E-state index in [1.165, 1.54) is 6.92 Å². The minimum Gasteiger partial charge on any atom is -0.369 e. The Morgan fingerprint density at radius 1 is 1.11 bits per heavy atom. The third-order valence-electron chi connectivity index (χ3n) is 6.03. The van der Waals surface area contributed by atoms with Gasteiger partial charge in [0.1, 0.15) is 11.4 Å². The summed E-state index contributed by atoms with van der Waals surface area (Å²) >= 11 is 0. The van der Waals surface area contributed by atoms with Crippen LogP contribution in [0.15, 0.2) is 54.9 Å². The lowest BCUT2D eigenvalue weighted by molar-refractivity contribution is -0.137. The first-order valence-electron chi connectivity index (χ1n) is 12.2. The van der Waals surface area contributed by atoms with Gasteiger partial charge in [0, 0.05) is 61.1 Å². The second-order valence-electron chi connectivity index (χ2n) is 9.12. The molecule has 2 aromatic carbocycles. The quantitative estimate of drug-likeness (QED) is 0.259. The number of aromatic amines is 1. The number of aromatic nitrogens is 3. The van der Waals surface area contributed by atoms with Crippen LogP contribution in [-0.2, 0) is 11.0 Å². The summed E-state index contributed by atoms with van der Waals surface area (Å²) < 4.78 is 41.7. The van der Waals surface area contributed by atoms with Gasteiger partial charge in [0.05, 0.1) is 11.4 Å². The Morgan fingerprint density at radius 3 is 2.55 bits per heavy atom. The molecule has 2 heterocycles. The van der Waals surface area contributed by atoms with Crippen LogP contribution in [0.5, 0.6) is 0 Å². The number of fused-ring (bicyclic) bond motifs is 1. The van der Waals surface area contributed by atoms with E-state index in [-0.39, 0.29) is 17.5 Å². The SMILES string of the molecule is CCN(CCN(C)C)c1ccc(Nc2nc(-c3c[nH]c4ccccc34)ncc2C(F)(F)F)cc1NC(C)=O. The Balaban J connectivity index is 1.74. The highest BCUT2D eigenvalue weighted by Gasteiger charge is 2.35. The van der Waals surface area contributed by atoms with Gasteiger partial charge in [-0.15, -0.1) is 0 Å². The molecule has 0 aliphatic rings. The van der Waals surface area contributed by atoms with Crippen molar-refractivity contribution in [3.63, 3.8) is 0 Å². The standard InChI is InChI=1S/C27H30F3N7O/c1-5-37(13-12-36(3)4)24-11-10-18(14-23(24)33-17(2)38)34-26-21(27(28,29)30)16-32-25(35-26)20-15-31-22-9-7-6-8-19(20)22/h6-11,14-16,31H,5,12-13H2,1-4H3,(H,33,38)(H,32,34,35). The number of carbonyl (C=O) groups is 1. The van der Waals surface area contributed by atoms with Crippen LogP contribution in [-0.4, -0.2) is 59.5 Å². The maximum atomic E-state index is 13.9. The molecule has 0 aliphatic heterocycles. The summed E-state index contributed by atoms with van der Waals surface area (Å²) in [6.45, 7) is 5.58. The zero-order valence-electron chi connectivity index (χ0n) is 21.6. The number of benzene rings is 2. The number of alkyl halides is 3. The van der Waals surface area contributed by atoms with Gasteiger partial charge in [-0.3, -0.25) is 4.79 Å². The first kappa shape index (κ1) is 26.9. The average Bonchev–Trinajstić information content (AvgIpc) is 3.28. The summed E-state index contributed by atoms with van der Waals surface area (Å²) in [7, 11) is 3.94. The molecule has 1 amide bonds. The number of nitrogens with zero attached hydrogens (tertiary/aromatic N) is 4. The second-order valence-corrected chi connectivity index (χ2v) is 9.12. The van der Waals surface area contributed by atoms with E-state index >= 15 is 0 Å². The largest absolute Gasteiger partial charge is 0.421 e. The molecule has 0 radical (unpaired) electrons. The molecule has 0 spiro atoms. The minimum absolute atomic E-state index is 0.150. The number of para-hydroxylation sites is 1. The Morgan fingerprint density at radius 2 is 1.87 bits per heavy atom. The lowest BCUT2D eigenvalue weighted by atomic mass is 10.1. The van der Waals surface area contributed by atoms with Crippen LogP contribution in [0.3, 0.4) is 0 Å². The van der Waals surface area contributed by atoms with Gasteiger partial charge in [0.2, 0.25) is 5.91 Å². The van der Waals surface area contributed by atoms with Crippen LogP contribution in [0.2, 0.25) is 0 Å². The molecular formula is C27H30F3N7O. The van der Waals surface area contributed by atoms with E-state index < -0.39 is 11.7 Å². The summed E-state index contributed by atoms with van der Waals surface area (Å²) in [5, 5.41) is 6.42. The van der Waals surface area contributed by atoms with Crippen LogP contribution >= 0.6 is 0 Å². The molecule has 0 aliphatic carbocycles. The Bertz CT molecular complexity index is 1430. The molecule has 4 aromatic rings. The summed E-state index contributed by atoms with van der Waals surface area (Å²) in [5.41, 5.74) is 2.02. The van der Waals surface area contributed by atoms with Gasteiger partial charge in [-0.25, -0.2) is 9.97 Å². The van der Waals surface area contributed by atoms with E-state index in [1.54, 1.807) is 24.4 Å². The van der Waals surface area contributed by atoms with Crippen molar-refractivity contribution in [2.75, 3.05) is 49.3 Å². The summed E-state index contributed by atoms with van der Waals surface area (Å²) in [6, 6.07) is 12.5. The Hall–Kier alpha value is -4.12. The van der Waals surface area contributed by atoms with Crippen LogP contribution in [0, 0.1) is 0 Å². The number of amides is 1. The number of H-pyrrole nitrogens is 1. The van der Waals surface area contributed by atoms with Crippen molar-refractivity contribution in [3.05, 3.63) is 60.4 Å². The highest BCUT2D eigenvalue weighted by Crippen LogP contribution is 2.38. The lowest BCUT2D eigenvalue weighted by Crippen LogP contribution is -2.32. The number of carbonyl (C=O) groups excluding carboxylic acids is 1. The first-order valence-corrected chi connectivity index (χ1v) is 12.2. The maximum absolute atomic E-state index is 13.9. The van der Waals surface area contributed by atoms with Gasteiger partial charge in [-0.2, -0.15) is 13.2 Å². The van der Waals surface area contributed by atoms with Gasteiger partial charge in [-0.05, 0) is 45.3 Å². The van der Waals surface area contributed by atoms with Crippen molar-refractivity contribution in [2.24, 2.45) is 0 Å². The molecule has 3 N–H and O–H groups in total. The van der Waals surface area contributed by atoms with Crippen molar-refractivity contribution in [3.8, 4) is 11.4 Å². The average molecular weight is 526 g/mol.